The zero-order chi connectivity index (χ0) is 21.5. The van der Waals surface area contributed by atoms with Crippen LogP contribution in [0.25, 0.3) is 11.3 Å². The Labute approximate surface area is 175 Å². The Bertz CT molecular complexity index is 1010. The van der Waals surface area contributed by atoms with Crippen molar-refractivity contribution in [3.05, 3.63) is 71.9 Å². The molecule has 0 aliphatic carbocycles. The van der Waals surface area contributed by atoms with Gasteiger partial charge >= 0.3 is 11.9 Å². The molecule has 0 radical (unpaired) electrons. The van der Waals surface area contributed by atoms with E-state index >= 15 is 0 Å². The second-order valence-electron chi connectivity index (χ2n) is 6.28. The van der Waals surface area contributed by atoms with E-state index in [1.165, 1.54) is 0 Å². The first kappa shape index (κ1) is 21.0. The van der Waals surface area contributed by atoms with Crippen LogP contribution in [0.4, 0.5) is 5.69 Å². The number of nitrogens with one attached hydrogen (secondary N) is 1. The van der Waals surface area contributed by atoms with Crippen LogP contribution in [-0.4, -0.2) is 36.9 Å². The van der Waals surface area contributed by atoms with Crippen LogP contribution < -0.4 is 10.2 Å². The Hall–Kier alpha value is -3.74. The van der Waals surface area contributed by atoms with E-state index in [1.807, 2.05) is 54.6 Å². The molecule has 7 heteroatoms. The number of rotatable bonds is 8. The number of benzene rings is 2. The number of methoxy groups -OCH3 is 1. The van der Waals surface area contributed by atoms with Gasteiger partial charge in [0, 0.05) is 11.8 Å². The van der Waals surface area contributed by atoms with Crippen LogP contribution in [0.3, 0.4) is 0 Å². The normalized spacial score (nSPS) is 10.4. The highest BCUT2D eigenvalue weighted by Gasteiger charge is 2.29. The van der Waals surface area contributed by atoms with Gasteiger partial charge in [-0.15, -0.1) is 0 Å². The lowest BCUT2D eigenvalue weighted by molar-refractivity contribution is 0.0481. The minimum atomic E-state index is -0.590. The third kappa shape index (κ3) is 4.46. The molecule has 30 heavy (non-hydrogen) atoms. The van der Waals surface area contributed by atoms with E-state index in [0.29, 0.717) is 5.69 Å². The highest BCUT2D eigenvalue weighted by molar-refractivity contribution is 6.08. The predicted molar refractivity (Wildman–Crippen MR) is 114 cm³/mol. The fourth-order valence-corrected chi connectivity index (χ4v) is 3.05. The number of carbonyl (C=O) groups is 2. The minimum absolute atomic E-state index is 0.134. The standard InChI is InChI=1S/C23H24N2O5/c1-4-29-22(26)19-15-25(24-17-11-13-18(28-3)14-12-17)21(16-9-7-6-8-10-16)20(19)23(27)30-5-2/h6-15,24H,4-5H2,1-3H3. The van der Waals surface area contributed by atoms with Gasteiger partial charge in [-0.2, -0.15) is 0 Å². The molecule has 0 spiro atoms. The summed E-state index contributed by atoms with van der Waals surface area (Å²) < 4.78 is 17.3. The average molecular weight is 408 g/mol. The molecule has 0 fully saturated rings. The molecule has 156 valence electrons. The van der Waals surface area contributed by atoms with Crippen LogP contribution in [0, 0.1) is 0 Å². The first-order valence-electron chi connectivity index (χ1n) is 9.65. The van der Waals surface area contributed by atoms with Crippen molar-refractivity contribution in [2.24, 2.45) is 0 Å². The number of hydrogen-bond acceptors (Lipinski definition) is 6. The molecule has 2 aromatic carbocycles. The fourth-order valence-electron chi connectivity index (χ4n) is 3.05. The second kappa shape index (κ2) is 9.65. The third-order valence-corrected chi connectivity index (χ3v) is 4.37. The predicted octanol–water partition coefficient (Wildman–Crippen LogP) is 4.39. The Morgan fingerprint density at radius 3 is 2.13 bits per heavy atom. The molecule has 7 nitrogen and oxygen atoms in total. The molecule has 1 N–H and O–H groups in total. The van der Waals surface area contributed by atoms with E-state index in [0.717, 1.165) is 17.0 Å². The topological polar surface area (TPSA) is 78.8 Å². The van der Waals surface area contributed by atoms with Crippen LogP contribution >= 0.6 is 0 Å². The van der Waals surface area contributed by atoms with E-state index in [-0.39, 0.29) is 24.3 Å². The molecule has 0 saturated heterocycles. The molecule has 0 saturated carbocycles. The number of aromatic nitrogens is 1. The number of anilines is 1. The molecular formula is C23H24N2O5. The quantitative estimate of drug-likeness (QED) is 0.557. The number of hydrogen-bond donors (Lipinski definition) is 1. The lowest BCUT2D eigenvalue weighted by atomic mass is 10.0. The van der Waals surface area contributed by atoms with E-state index in [1.54, 1.807) is 31.8 Å². The van der Waals surface area contributed by atoms with Crippen molar-refractivity contribution in [1.82, 2.24) is 4.68 Å². The summed E-state index contributed by atoms with van der Waals surface area (Å²) in [6.07, 6.45) is 1.55. The zero-order valence-corrected chi connectivity index (χ0v) is 17.2. The molecule has 0 amide bonds. The molecule has 1 aromatic heterocycles. The lowest BCUT2D eigenvalue weighted by Crippen LogP contribution is -2.13. The minimum Gasteiger partial charge on any atom is -0.497 e. The maximum atomic E-state index is 12.8. The molecule has 3 aromatic rings. The summed E-state index contributed by atoms with van der Waals surface area (Å²) in [5, 5.41) is 0. The molecule has 1 heterocycles. The van der Waals surface area contributed by atoms with Crippen LogP contribution in [0.5, 0.6) is 5.75 Å². The molecule has 0 aliphatic heterocycles. The first-order chi connectivity index (χ1) is 14.6. The summed E-state index contributed by atoms with van der Waals surface area (Å²) >= 11 is 0. The van der Waals surface area contributed by atoms with Crippen LogP contribution in [0.2, 0.25) is 0 Å². The molecular weight excluding hydrogens is 384 g/mol. The number of carbonyl (C=O) groups excluding carboxylic acids is 2. The summed E-state index contributed by atoms with van der Waals surface area (Å²) in [4.78, 5) is 25.4. The largest absolute Gasteiger partial charge is 0.497 e. The number of nitrogens with zero attached hydrogens (tertiary/aromatic N) is 1. The third-order valence-electron chi connectivity index (χ3n) is 4.37. The van der Waals surface area contributed by atoms with E-state index in [2.05, 4.69) is 5.43 Å². The molecule has 0 aliphatic rings. The van der Waals surface area contributed by atoms with Gasteiger partial charge in [0.05, 0.1) is 37.3 Å². The zero-order valence-electron chi connectivity index (χ0n) is 17.2. The van der Waals surface area contributed by atoms with Gasteiger partial charge in [-0.05, 0) is 38.1 Å². The van der Waals surface area contributed by atoms with Gasteiger partial charge in [0.2, 0.25) is 0 Å². The first-order valence-corrected chi connectivity index (χ1v) is 9.65. The van der Waals surface area contributed by atoms with Crippen molar-refractivity contribution in [3.63, 3.8) is 0 Å². The van der Waals surface area contributed by atoms with Crippen molar-refractivity contribution in [1.29, 1.82) is 0 Å². The van der Waals surface area contributed by atoms with Gasteiger partial charge in [-0.3, -0.25) is 10.1 Å². The van der Waals surface area contributed by atoms with Gasteiger partial charge in [0.25, 0.3) is 0 Å². The summed E-state index contributed by atoms with van der Waals surface area (Å²) in [5.74, 6) is -0.460. The number of esters is 2. The highest BCUT2D eigenvalue weighted by atomic mass is 16.5. The summed E-state index contributed by atoms with van der Waals surface area (Å²) in [6, 6.07) is 16.6. The maximum Gasteiger partial charge on any atom is 0.341 e. The van der Waals surface area contributed by atoms with Gasteiger partial charge in [0.1, 0.15) is 11.3 Å². The molecule has 0 atom stereocenters. The number of ether oxygens (including phenoxy) is 3. The molecule has 0 bridgehead atoms. The smallest absolute Gasteiger partial charge is 0.341 e. The van der Waals surface area contributed by atoms with Gasteiger partial charge < -0.3 is 14.2 Å². The summed E-state index contributed by atoms with van der Waals surface area (Å²) in [7, 11) is 1.60. The second-order valence-corrected chi connectivity index (χ2v) is 6.28. The van der Waals surface area contributed by atoms with Crippen molar-refractivity contribution >= 4 is 17.6 Å². The Balaban J connectivity index is 2.17. The van der Waals surface area contributed by atoms with Crippen molar-refractivity contribution in [3.8, 4) is 17.0 Å². The van der Waals surface area contributed by atoms with Gasteiger partial charge in [0.15, 0.2) is 0 Å². The summed E-state index contributed by atoms with van der Waals surface area (Å²) in [6.45, 7) is 3.81. The maximum absolute atomic E-state index is 12.8. The Morgan fingerprint density at radius 1 is 0.900 bits per heavy atom. The van der Waals surface area contributed by atoms with Crippen LogP contribution in [-0.2, 0) is 9.47 Å². The van der Waals surface area contributed by atoms with Gasteiger partial charge in [-0.25, -0.2) is 9.59 Å². The van der Waals surface area contributed by atoms with E-state index < -0.39 is 11.9 Å². The van der Waals surface area contributed by atoms with Crippen LogP contribution in [0.15, 0.2) is 60.8 Å². The lowest BCUT2D eigenvalue weighted by Gasteiger charge is -2.14. The van der Waals surface area contributed by atoms with E-state index in [4.69, 9.17) is 14.2 Å². The van der Waals surface area contributed by atoms with Crippen molar-refractivity contribution in [2.45, 2.75) is 13.8 Å². The average Bonchev–Trinajstić information content (AvgIpc) is 3.14. The fraction of sp³-hybridized carbons (Fsp3) is 0.217. The summed E-state index contributed by atoms with van der Waals surface area (Å²) in [5.41, 5.74) is 5.51. The van der Waals surface area contributed by atoms with Gasteiger partial charge in [-0.1, -0.05) is 30.3 Å². The Morgan fingerprint density at radius 2 is 1.53 bits per heavy atom. The molecule has 0 unspecified atom stereocenters. The monoisotopic (exact) mass is 408 g/mol. The van der Waals surface area contributed by atoms with Crippen LogP contribution in [0.1, 0.15) is 34.6 Å². The van der Waals surface area contributed by atoms with E-state index in [9.17, 15) is 9.59 Å². The van der Waals surface area contributed by atoms with Crippen molar-refractivity contribution in [2.75, 3.05) is 25.7 Å². The Kier molecular flexibility index (Phi) is 6.75. The SMILES string of the molecule is CCOC(=O)c1cn(Nc2ccc(OC)cc2)c(-c2ccccc2)c1C(=O)OCC. The highest BCUT2D eigenvalue weighted by Crippen LogP contribution is 2.30. The van der Waals surface area contributed by atoms with Crippen molar-refractivity contribution < 1.29 is 23.8 Å². The molecule has 3 rings (SSSR count).